The Labute approximate surface area is 128 Å². The quantitative estimate of drug-likeness (QED) is 0.798. The molecule has 0 aliphatic heterocycles. The van der Waals surface area contributed by atoms with Gasteiger partial charge < -0.3 is 9.90 Å². The zero-order valence-electron chi connectivity index (χ0n) is 11.5. The van der Waals surface area contributed by atoms with Crippen molar-refractivity contribution in [1.29, 1.82) is 0 Å². The van der Waals surface area contributed by atoms with Gasteiger partial charge >= 0.3 is 0 Å². The van der Waals surface area contributed by atoms with Gasteiger partial charge in [-0.3, -0.25) is 4.79 Å². The van der Waals surface area contributed by atoms with Crippen LogP contribution in [0.15, 0.2) is 48.5 Å². The predicted molar refractivity (Wildman–Crippen MR) is 79.3 cm³/mol. The first-order valence-electron chi connectivity index (χ1n) is 6.53. The molecule has 1 atom stereocenters. The summed E-state index contributed by atoms with van der Waals surface area (Å²) in [6.45, 7) is 1.88. The number of hydrogen-bond acceptors (Lipinski definition) is 3. The van der Waals surface area contributed by atoms with Gasteiger partial charge in [-0.05, 0) is 30.7 Å². The van der Waals surface area contributed by atoms with Gasteiger partial charge in [0.05, 0.1) is 0 Å². The van der Waals surface area contributed by atoms with E-state index in [-0.39, 0.29) is 12.2 Å². The van der Waals surface area contributed by atoms with E-state index in [1.807, 2.05) is 13.0 Å². The minimum atomic E-state index is -1.27. The molecular weight excluding hydrogens is 288 g/mol. The van der Waals surface area contributed by atoms with Crippen molar-refractivity contribution in [3.05, 3.63) is 70.2 Å². The van der Waals surface area contributed by atoms with Gasteiger partial charge in [0.25, 0.3) is 0 Å². The number of halogens is 1. The van der Waals surface area contributed by atoms with Gasteiger partial charge in [-0.1, -0.05) is 47.5 Å². The Morgan fingerprint density at radius 1 is 1.14 bits per heavy atom. The van der Waals surface area contributed by atoms with Crippen LogP contribution in [0.4, 0.5) is 0 Å². The lowest BCUT2D eigenvalue weighted by Gasteiger charge is -2.18. The van der Waals surface area contributed by atoms with Crippen LogP contribution in [0, 0.1) is 6.92 Å². The Balaban J connectivity index is 2.22. The number of carbonyl (C=O) groups excluding carboxylic acids is 2. The van der Waals surface area contributed by atoms with Crippen LogP contribution < -0.4 is 5.11 Å². The zero-order chi connectivity index (χ0) is 15.4. The number of rotatable bonds is 5. The number of Topliss-reactive ketones (excluding diaryl/α,β-unsaturated/α-hetero) is 1. The lowest BCUT2D eigenvalue weighted by Crippen LogP contribution is -2.31. The SMILES string of the molecule is Cc1cccc(C(=O)C[C@@H](C(=O)[O-])c2ccc(Cl)cc2)c1. The van der Waals surface area contributed by atoms with Gasteiger partial charge in [0.1, 0.15) is 0 Å². The molecule has 0 aliphatic rings. The van der Waals surface area contributed by atoms with Crippen molar-refractivity contribution in [2.45, 2.75) is 19.3 Å². The third-order valence-electron chi connectivity index (χ3n) is 3.29. The first-order chi connectivity index (χ1) is 9.97. The number of ketones is 1. The molecular formula is C17H14ClO3-. The maximum Gasteiger partial charge on any atom is 0.163 e. The molecule has 2 rings (SSSR count). The number of carboxylic acids is 1. The second-order valence-electron chi connectivity index (χ2n) is 4.92. The van der Waals surface area contributed by atoms with E-state index < -0.39 is 11.9 Å². The van der Waals surface area contributed by atoms with E-state index in [1.165, 1.54) is 0 Å². The standard InChI is InChI=1S/C17H15ClO3/c1-11-3-2-4-13(9-11)16(19)10-15(17(20)21)12-5-7-14(18)8-6-12/h2-9,15H,10H2,1H3,(H,20,21)/p-1/t15-/m1/s1. The van der Waals surface area contributed by atoms with E-state index in [0.29, 0.717) is 16.1 Å². The Morgan fingerprint density at radius 2 is 1.81 bits per heavy atom. The van der Waals surface area contributed by atoms with Crippen LogP contribution in [0.2, 0.25) is 5.02 Å². The molecule has 0 radical (unpaired) electrons. The minimum absolute atomic E-state index is 0.132. The van der Waals surface area contributed by atoms with Gasteiger partial charge in [0, 0.05) is 28.9 Å². The summed E-state index contributed by atoms with van der Waals surface area (Å²) in [5, 5.41) is 11.8. The van der Waals surface area contributed by atoms with Crippen molar-refractivity contribution in [3.63, 3.8) is 0 Å². The van der Waals surface area contributed by atoms with Crippen LogP contribution in [-0.4, -0.2) is 11.8 Å². The molecule has 21 heavy (non-hydrogen) atoms. The van der Waals surface area contributed by atoms with Gasteiger partial charge in [-0.15, -0.1) is 0 Å². The van der Waals surface area contributed by atoms with Gasteiger partial charge in [-0.25, -0.2) is 0 Å². The molecule has 0 unspecified atom stereocenters. The highest BCUT2D eigenvalue weighted by atomic mass is 35.5. The van der Waals surface area contributed by atoms with E-state index in [9.17, 15) is 14.7 Å². The molecule has 3 nitrogen and oxygen atoms in total. The summed E-state index contributed by atoms with van der Waals surface area (Å²) in [5.74, 6) is -2.46. The molecule has 0 fully saturated rings. The van der Waals surface area contributed by atoms with Gasteiger partial charge in [0.2, 0.25) is 0 Å². The van der Waals surface area contributed by atoms with Gasteiger partial charge in [0.15, 0.2) is 5.78 Å². The van der Waals surface area contributed by atoms with Crippen molar-refractivity contribution in [3.8, 4) is 0 Å². The fourth-order valence-electron chi connectivity index (χ4n) is 2.15. The average Bonchev–Trinajstić information content (AvgIpc) is 2.45. The van der Waals surface area contributed by atoms with E-state index in [1.54, 1.807) is 42.5 Å². The normalized spacial score (nSPS) is 11.9. The molecule has 0 heterocycles. The van der Waals surface area contributed by atoms with E-state index in [4.69, 9.17) is 11.6 Å². The van der Waals surface area contributed by atoms with Crippen LogP contribution in [0.3, 0.4) is 0 Å². The average molecular weight is 302 g/mol. The molecule has 4 heteroatoms. The van der Waals surface area contributed by atoms with Crippen molar-refractivity contribution >= 4 is 23.4 Å². The highest BCUT2D eigenvalue weighted by Crippen LogP contribution is 2.23. The van der Waals surface area contributed by atoms with Crippen molar-refractivity contribution in [2.24, 2.45) is 0 Å². The molecule has 0 saturated carbocycles. The summed E-state index contributed by atoms with van der Waals surface area (Å²) < 4.78 is 0. The second-order valence-corrected chi connectivity index (χ2v) is 5.36. The van der Waals surface area contributed by atoms with Crippen LogP contribution >= 0.6 is 11.6 Å². The maximum absolute atomic E-state index is 12.2. The van der Waals surface area contributed by atoms with Crippen molar-refractivity contribution in [1.82, 2.24) is 0 Å². The topological polar surface area (TPSA) is 57.2 Å². The van der Waals surface area contributed by atoms with Crippen molar-refractivity contribution < 1.29 is 14.7 Å². The van der Waals surface area contributed by atoms with E-state index >= 15 is 0 Å². The summed E-state index contributed by atoms with van der Waals surface area (Å²) in [6, 6.07) is 13.5. The predicted octanol–water partition coefficient (Wildman–Crippen LogP) is 2.75. The van der Waals surface area contributed by atoms with Crippen molar-refractivity contribution in [2.75, 3.05) is 0 Å². The number of hydrogen-bond donors (Lipinski definition) is 0. The summed E-state index contributed by atoms with van der Waals surface area (Å²) >= 11 is 5.78. The van der Waals surface area contributed by atoms with E-state index in [0.717, 1.165) is 5.56 Å². The molecule has 2 aromatic carbocycles. The maximum atomic E-state index is 12.2. The first kappa shape index (κ1) is 15.3. The van der Waals surface area contributed by atoms with Crippen LogP contribution in [-0.2, 0) is 4.79 Å². The van der Waals surface area contributed by atoms with Gasteiger partial charge in [-0.2, -0.15) is 0 Å². The van der Waals surface area contributed by atoms with Crippen LogP contribution in [0.5, 0.6) is 0 Å². The molecule has 2 aromatic rings. The molecule has 0 aliphatic carbocycles. The Morgan fingerprint density at radius 3 is 2.38 bits per heavy atom. The highest BCUT2D eigenvalue weighted by Gasteiger charge is 2.18. The second kappa shape index (κ2) is 6.55. The first-order valence-corrected chi connectivity index (χ1v) is 6.91. The molecule has 0 amide bonds. The van der Waals surface area contributed by atoms with Crippen LogP contribution in [0.1, 0.15) is 33.8 Å². The minimum Gasteiger partial charge on any atom is -0.549 e. The Hall–Kier alpha value is -2.13. The number of benzene rings is 2. The number of aryl methyl sites for hydroxylation is 1. The largest absolute Gasteiger partial charge is 0.549 e. The highest BCUT2D eigenvalue weighted by molar-refractivity contribution is 6.30. The molecule has 0 bridgehead atoms. The fraction of sp³-hybridized carbons (Fsp3) is 0.176. The zero-order valence-corrected chi connectivity index (χ0v) is 12.3. The third-order valence-corrected chi connectivity index (χ3v) is 3.54. The molecule has 0 saturated heterocycles. The molecule has 108 valence electrons. The summed E-state index contributed by atoms with van der Waals surface area (Å²) in [7, 11) is 0. The summed E-state index contributed by atoms with van der Waals surface area (Å²) in [4.78, 5) is 23.6. The molecule has 0 spiro atoms. The lowest BCUT2D eigenvalue weighted by atomic mass is 9.91. The summed E-state index contributed by atoms with van der Waals surface area (Å²) in [6.07, 6.45) is -0.132. The number of aliphatic carboxylic acids is 1. The fourth-order valence-corrected chi connectivity index (χ4v) is 2.28. The summed E-state index contributed by atoms with van der Waals surface area (Å²) in [5.41, 5.74) is 1.98. The third kappa shape index (κ3) is 3.92. The molecule has 0 aromatic heterocycles. The Kier molecular flexibility index (Phi) is 4.76. The van der Waals surface area contributed by atoms with Crippen LogP contribution in [0.25, 0.3) is 0 Å². The molecule has 0 N–H and O–H groups in total. The lowest BCUT2D eigenvalue weighted by molar-refractivity contribution is -0.307. The monoisotopic (exact) mass is 301 g/mol. The Bertz CT molecular complexity index is 662. The number of carboxylic acid groups (broad SMARTS) is 1. The smallest absolute Gasteiger partial charge is 0.163 e. The number of carbonyl (C=O) groups is 2. The van der Waals surface area contributed by atoms with E-state index in [2.05, 4.69) is 0 Å².